The van der Waals surface area contributed by atoms with Gasteiger partial charge in [0.1, 0.15) is 5.82 Å². The van der Waals surface area contributed by atoms with Crippen LogP contribution in [0.3, 0.4) is 0 Å². The third-order valence-electron chi connectivity index (χ3n) is 4.66. The smallest absolute Gasteiger partial charge is 0.262 e. The van der Waals surface area contributed by atoms with Gasteiger partial charge in [0.2, 0.25) is 0 Å². The van der Waals surface area contributed by atoms with E-state index in [0.717, 1.165) is 21.5 Å². The van der Waals surface area contributed by atoms with Crippen LogP contribution >= 0.6 is 23.1 Å². The van der Waals surface area contributed by atoms with Crippen LogP contribution in [0, 0.1) is 0 Å². The van der Waals surface area contributed by atoms with Crippen LogP contribution in [0.5, 0.6) is 0 Å². The zero-order valence-electron chi connectivity index (χ0n) is 15.7. The molecule has 0 saturated heterocycles. The van der Waals surface area contributed by atoms with Crippen LogP contribution in [0.25, 0.3) is 16.3 Å². The Kier molecular flexibility index (Phi) is 4.64. The lowest BCUT2D eigenvalue weighted by Crippen LogP contribution is -2.24. The molecule has 0 aliphatic carbocycles. The second kappa shape index (κ2) is 7.49. The van der Waals surface area contributed by atoms with Gasteiger partial charge in [0, 0.05) is 17.2 Å². The van der Waals surface area contributed by atoms with E-state index in [9.17, 15) is 14.4 Å². The molecule has 0 bridgehead atoms. The van der Waals surface area contributed by atoms with Crippen molar-refractivity contribution in [3.63, 3.8) is 0 Å². The first kappa shape index (κ1) is 19.2. The topological polar surface area (TPSA) is 120 Å². The molecular formula is C21H13N5O3S2. The molecule has 0 saturated carbocycles. The molecule has 8 nitrogen and oxygen atoms in total. The minimum absolute atomic E-state index is 0.00121. The van der Waals surface area contributed by atoms with Crippen molar-refractivity contribution in [3.8, 4) is 16.3 Å². The van der Waals surface area contributed by atoms with Crippen molar-refractivity contribution in [1.82, 2.24) is 19.9 Å². The molecule has 31 heavy (non-hydrogen) atoms. The largest absolute Gasteiger partial charge is 0.384 e. The molecule has 5 rings (SSSR count). The number of hydrogen-bond acceptors (Lipinski definition) is 8. The second-order valence-corrected chi connectivity index (χ2v) is 8.56. The van der Waals surface area contributed by atoms with Crippen molar-refractivity contribution >= 4 is 40.7 Å². The van der Waals surface area contributed by atoms with Gasteiger partial charge in [-0.05, 0) is 53.5 Å². The zero-order chi connectivity index (χ0) is 21.5. The highest BCUT2D eigenvalue weighted by atomic mass is 32.2. The van der Waals surface area contributed by atoms with E-state index >= 15 is 0 Å². The van der Waals surface area contributed by atoms with Crippen LogP contribution < -0.4 is 16.6 Å². The molecule has 10 heteroatoms. The van der Waals surface area contributed by atoms with E-state index < -0.39 is 17.4 Å². The summed E-state index contributed by atoms with van der Waals surface area (Å²) in [4.78, 5) is 47.2. The van der Waals surface area contributed by atoms with Crippen LogP contribution in [0.4, 0.5) is 5.82 Å². The SMILES string of the molecule is Nc1c2c(cc(=O)n1-c1ccc(Sc3nccc(-c4cccs4)n3)cc1)C(=O)NC2=O. The number of anilines is 1. The van der Waals surface area contributed by atoms with E-state index in [2.05, 4.69) is 15.3 Å². The van der Waals surface area contributed by atoms with Gasteiger partial charge in [-0.1, -0.05) is 6.07 Å². The number of nitrogens with one attached hydrogen (secondary N) is 1. The predicted octanol–water partition coefficient (Wildman–Crippen LogP) is 2.97. The molecule has 0 fully saturated rings. The van der Waals surface area contributed by atoms with Crippen LogP contribution in [-0.2, 0) is 0 Å². The second-order valence-electron chi connectivity index (χ2n) is 6.57. The summed E-state index contributed by atoms with van der Waals surface area (Å²) in [6, 6.07) is 14.0. The van der Waals surface area contributed by atoms with Gasteiger partial charge in [-0.2, -0.15) is 0 Å². The van der Waals surface area contributed by atoms with Gasteiger partial charge < -0.3 is 5.73 Å². The number of thiophene rings is 1. The Labute approximate surface area is 183 Å². The number of pyridine rings is 1. The predicted molar refractivity (Wildman–Crippen MR) is 118 cm³/mol. The molecule has 4 heterocycles. The number of imide groups is 1. The van der Waals surface area contributed by atoms with Crippen LogP contribution in [-0.4, -0.2) is 26.3 Å². The average molecular weight is 448 g/mol. The first-order valence-corrected chi connectivity index (χ1v) is 10.8. The minimum Gasteiger partial charge on any atom is -0.384 e. The number of nitrogens with zero attached hydrogens (tertiary/aromatic N) is 3. The van der Waals surface area contributed by atoms with Crippen LogP contribution in [0.2, 0.25) is 0 Å². The standard InChI is InChI=1S/C21H13N5O3S2/c22-18-17-13(19(28)25-20(17)29)10-16(27)26(18)11-3-5-12(6-4-11)31-21-23-8-7-14(24-21)15-2-1-9-30-15/h1-10H,22H2,(H,25,28,29). The van der Waals surface area contributed by atoms with Crippen molar-refractivity contribution < 1.29 is 9.59 Å². The molecule has 152 valence electrons. The molecule has 0 atom stereocenters. The maximum absolute atomic E-state index is 12.5. The lowest BCUT2D eigenvalue weighted by atomic mass is 10.1. The molecule has 3 N–H and O–H groups in total. The summed E-state index contributed by atoms with van der Waals surface area (Å²) in [6.07, 6.45) is 1.72. The maximum atomic E-state index is 12.5. The molecule has 0 spiro atoms. The van der Waals surface area contributed by atoms with Crippen molar-refractivity contribution in [1.29, 1.82) is 0 Å². The summed E-state index contributed by atoms with van der Waals surface area (Å²) >= 11 is 3.00. The Morgan fingerprint density at radius 1 is 1.03 bits per heavy atom. The Morgan fingerprint density at radius 3 is 2.58 bits per heavy atom. The van der Waals surface area contributed by atoms with Crippen LogP contribution in [0.1, 0.15) is 20.7 Å². The van der Waals surface area contributed by atoms with Gasteiger partial charge >= 0.3 is 0 Å². The van der Waals surface area contributed by atoms with E-state index in [0.29, 0.717) is 10.8 Å². The number of hydrogen-bond donors (Lipinski definition) is 2. The van der Waals surface area contributed by atoms with Gasteiger partial charge in [-0.3, -0.25) is 24.3 Å². The fourth-order valence-electron chi connectivity index (χ4n) is 3.27. The normalized spacial score (nSPS) is 12.6. The fraction of sp³-hybridized carbons (Fsp3) is 0. The summed E-state index contributed by atoms with van der Waals surface area (Å²) in [5, 5.41) is 4.75. The number of nitrogens with two attached hydrogens (primary N) is 1. The van der Waals surface area contributed by atoms with Gasteiger partial charge in [0.05, 0.1) is 27.4 Å². The molecule has 2 amide bonds. The first-order valence-electron chi connectivity index (χ1n) is 9.08. The molecule has 3 aromatic heterocycles. The highest BCUT2D eigenvalue weighted by molar-refractivity contribution is 7.99. The minimum atomic E-state index is -0.618. The number of nitrogen functional groups attached to an aromatic ring is 1. The third-order valence-corrected chi connectivity index (χ3v) is 6.44. The molecule has 0 radical (unpaired) electrons. The van der Waals surface area contributed by atoms with E-state index in [1.165, 1.54) is 16.3 Å². The summed E-state index contributed by atoms with van der Waals surface area (Å²) in [5.41, 5.74) is 6.93. The van der Waals surface area contributed by atoms with Crippen molar-refractivity contribution in [3.05, 3.63) is 81.6 Å². The summed E-state index contributed by atoms with van der Waals surface area (Å²) < 4.78 is 1.21. The Bertz CT molecular complexity index is 1400. The molecule has 0 unspecified atom stereocenters. The Hall–Kier alpha value is -3.76. The summed E-state index contributed by atoms with van der Waals surface area (Å²) in [5.74, 6) is -1.30. The number of rotatable bonds is 4. The fourth-order valence-corrected chi connectivity index (χ4v) is 4.70. The van der Waals surface area contributed by atoms with E-state index in [1.54, 1.807) is 29.7 Å². The lowest BCUT2D eigenvalue weighted by Gasteiger charge is -2.12. The lowest BCUT2D eigenvalue weighted by molar-refractivity contribution is 0.0880. The molecule has 1 aliphatic rings. The number of amides is 2. The molecular weight excluding hydrogens is 434 g/mol. The monoisotopic (exact) mass is 447 g/mol. The van der Waals surface area contributed by atoms with E-state index in [4.69, 9.17) is 5.73 Å². The highest BCUT2D eigenvalue weighted by Crippen LogP contribution is 2.29. The van der Waals surface area contributed by atoms with Crippen molar-refractivity contribution in [2.24, 2.45) is 0 Å². The average Bonchev–Trinajstić information content (AvgIpc) is 3.38. The van der Waals surface area contributed by atoms with Gasteiger partial charge in [0.15, 0.2) is 5.16 Å². The number of aromatic nitrogens is 3. The molecule has 4 aromatic rings. The third kappa shape index (κ3) is 3.41. The Morgan fingerprint density at radius 2 is 1.84 bits per heavy atom. The van der Waals surface area contributed by atoms with Crippen LogP contribution in [0.15, 0.2) is 75.0 Å². The van der Waals surface area contributed by atoms with E-state index in [1.807, 2.05) is 35.7 Å². The number of carbonyl (C=O) groups excluding carboxylic acids is 2. The summed E-state index contributed by atoms with van der Waals surface area (Å²) in [7, 11) is 0. The van der Waals surface area contributed by atoms with E-state index in [-0.39, 0.29) is 16.9 Å². The number of carbonyl (C=O) groups is 2. The van der Waals surface area contributed by atoms with Gasteiger partial charge in [-0.25, -0.2) is 9.97 Å². The van der Waals surface area contributed by atoms with Gasteiger partial charge in [-0.15, -0.1) is 11.3 Å². The zero-order valence-corrected chi connectivity index (χ0v) is 17.4. The maximum Gasteiger partial charge on any atom is 0.262 e. The Balaban J connectivity index is 1.45. The van der Waals surface area contributed by atoms with Gasteiger partial charge in [0.25, 0.3) is 17.4 Å². The van der Waals surface area contributed by atoms with Crippen molar-refractivity contribution in [2.75, 3.05) is 5.73 Å². The quantitative estimate of drug-likeness (QED) is 0.364. The summed E-state index contributed by atoms with van der Waals surface area (Å²) in [6.45, 7) is 0. The molecule has 1 aromatic carbocycles. The first-order chi connectivity index (χ1) is 15.0. The number of fused-ring (bicyclic) bond motifs is 1. The highest BCUT2D eigenvalue weighted by Gasteiger charge is 2.31. The molecule has 1 aliphatic heterocycles. The van der Waals surface area contributed by atoms with Crippen molar-refractivity contribution in [2.45, 2.75) is 10.1 Å². The number of benzene rings is 1.